The number of carbonyl (C=O) groups is 1. The summed E-state index contributed by atoms with van der Waals surface area (Å²) in [6.07, 6.45) is 1.91. The van der Waals surface area contributed by atoms with E-state index in [0.717, 1.165) is 25.9 Å². The van der Waals surface area contributed by atoms with Crippen LogP contribution in [0.1, 0.15) is 19.3 Å². The van der Waals surface area contributed by atoms with Gasteiger partial charge in [-0.2, -0.15) is 0 Å². The summed E-state index contributed by atoms with van der Waals surface area (Å²) < 4.78 is 0. The molecule has 2 saturated heterocycles. The summed E-state index contributed by atoms with van der Waals surface area (Å²) in [4.78, 5) is 13.9. The Balaban J connectivity index is 1.82. The van der Waals surface area contributed by atoms with Crippen molar-refractivity contribution in [2.75, 3.05) is 26.2 Å². The molecule has 1 amide bonds. The third-order valence-corrected chi connectivity index (χ3v) is 3.59. The quantitative estimate of drug-likeness (QED) is 0.563. The van der Waals surface area contributed by atoms with Crippen molar-refractivity contribution in [3.8, 4) is 0 Å². The first kappa shape index (κ1) is 11.8. The third-order valence-electron chi connectivity index (χ3n) is 3.59. The fraction of sp³-hybridized carbons (Fsp3) is 0.909. The molecule has 16 heavy (non-hydrogen) atoms. The largest absolute Gasteiger partial charge is 0.396 e. The lowest BCUT2D eigenvalue weighted by molar-refractivity contribution is -0.134. The van der Waals surface area contributed by atoms with Gasteiger partial charge in [-0.05, 0) is 25.2 Å². The summed E-state index contributed by atoms with van der Waals surface area (Å²) in [5.74, 6) is 0.458. The molecule has 2 aliphatic heterocycles. The molecule has 0 radical (unpaired) electrons. The lowest BCUT2D eigenvalue weighted by atomic mass is 9.97. The smallest absolute Gasteiger partial charge is 0.239 e. The molecule has 0 spiro atoms. The second-order valence-electron chi connectivity index (χ2n) is 4.80. The summed E-state index contributed by atoms with van der Waals surface area (Å²) in [7, 11) is 0. The molecule has 3 N–H and O–H groups in total. The molecule has 2 unspecified atom stereocenters. The number of aliphatic hydroxyl groups is 2. The SMILES string of the molecule is O=C(C1CC(O)CN1)N1CCC(CO)CC1. The van der Waals surface area contributed by atoms with E-state index in [9.17, 15) is 9.90 Å². The van der Waals surface area contributed by atoms with E-state index < -0.39 is 0 Å². The van der Waals surface area contributed by atoms with Gasteiger partial charge in [0.15, 0.2) is 0 Å². The van der Waals surface area contributed by atoms with Crippen molar-refractivity contribution in [1.29, 1.82) is 0 Å². The molecule has 0 aromatic carbocycles. The Labute approximate surface area is 95.4 Å². The van der Waals surface area contributed by atoms with Crippen LogP contribution in [0.3, 0.4) is 0 Å². The van der Waals surface area contributed by atoms with Crippen LogP contribution in [-0.4, -0.2) is 59.4 Å². The Kier molecular flexibility index (Phi) is 3.78. The van der Waals surface area contributed by atoms with Gasteiger partial charge >= 0.3 is 0 Å². The van der Waals surface area contributed by atoms with Crippen LogP contribution in [-0.2, 0) is 4.79 Å². The maximum absolute atomic E-state index is 12.0. The van der Waals surface area contributed by atoms with Gasteiger partial charge in [0.2, 0.25) is 5.91 Å². The van der Waals surface area contributed by atoms with E-state index in [1.165, 1.54) is 0 Å². The first-order valence-corrected chi connectivity index (χ1v) is 6.02. The average Bonchev–Trinajstić information content (AvgIpc) is 2.75. The maximum atomic E-state index is 12.0. The molecule has 0 saturated carbocycles. The number of nitrogens with zero attached hydrogens (tertiary/aromatic N) is 1. The van der Waals surface area contributed by atoms with Crippen LogP contribution in [0.4, 0.5) is 0 Å². The van der Waals surface area contributed by atoms with Crippen LogP contribution in [0.5, 0.6) is 0 Å². The highest BCUT2D eigenvalue weighted by molar-refractivity contribution is 5.82. The Bertz CT molecular complexity index is 252. The normalized spacial score (nSPS) is 32.0. The van der Waals surface area contributed by atoms with Crippen molar-refractivity contribution in [3.63, 3.8) is 0 Å². The molecule has 2 fully saturated rings. The average molecular weight is 228 g/mol. The first-order chi connectivity index (χ1) is 7.70. The Morgan fingerprint density at radius 3 is 2.56 bits per heavy atom. The standard InChI is InChI=1S/C11H20N2O3/c14-7-8-1-3-13(4-2-8)11(16)10-5-9(15)6-12-10/h8-10,12,14-15H,1-7H2. The second kappa shape index (κ2) is 5.12. The Morgan fingerprint density at radius 2 is 2.06 bits per heavy atom. The van der Waals surface area contributed by atoms with Crippen LogP contribution >= 0.6 is 0 Å². The molecular formula is C11H20N2O3. The number of rotatable bonds is 2. The topological polar surface area (TPSA) is 72.8 Å². The van der Waals surface area contributed by atoms with E-state index in [2.05, 4.69) is 5.32 Å². The van der Waals surface area contributed by atoms with Gasteiger partial charge in [0.05, 0.1) is 12.1 Å². The zero-order valence-electron chi connectivity index (χ0n) is 9.43. The summed E-state index contributed by atoms with van der Waals surface area (Å²) in [6, 6.07) is -0.208. The van der Waals surface area contributed by atoms with Gasteiger partial charge in [0.1, 0.15) is 0 Å². The number of β-amino-alcohol motifs (C(OH)–C–C–N with tert-alkyl or cyclic N) is 1. The van der Waals surface area contributed by atoms with Gasteiger partial charge in [-0.1, -0.05) is 0 Å². The lowest BCUT2D eigenvalue weighted by Gasteiger charge is -2.32. The maximum Gasteiger partial charge on any atom is 0.239 e. The molecule has 2 rings (SSSR count). The van der Waals surface area contributed by atoms with Crippen LogP contribution < -0.4 is 5.32 Å². The number of likely N-dealkylation sites (tertiary alicyclic amines) is 1. The summed E-state index contributed by atoms with van der Waals surface area (Å²) >= 11 is 0. The number of hydrogen-bond acceptors (Lipinski definition) is 4. The number of nitrogens with one attached hydrogen (secondary N) is 1. The highest BCUT2D eigenvalue weighted by Crippen LogP contribution is 2.18. The van der Waals surface area contributed by atoms with Gasteiger partial charge in [-0.15, -0.1) is 0 Å². The van der Waals surface area contributed by atoms with Crippen molar-refractivity contribution >= 4 is 5.91 Å². The zero-order chi connectivity index (χ0) is 11.5. The van der Waals surface area contributed by atoms with E-state index >= 15 is 0 Å². The molecule has 0 bridgehead atoms. The number of carbonyl (C=O) groups excluding carboxylic acids is 1. The van der Waals surface area contributed by atoms with E-state index in [-0.39, 0.29) is 24.7 Å². The lowest BCUT2D eigenvalue weighted by Crippen LogP contribution is -2.47. The minimum atomic E-state index is -0.385. The third kappa shape index (κ3) is 2.53. The van der Waals surface area contributed by atoms with Crippen molar-refractivity contribution in [2.24, 2.45) is 5.92 Å². The molecule has 92 valence electrons. The minimum Gasteiger partial charge on any atom is -0.396 e. The highest BCUT2D eigenvalue weighted by Gasteiger charge is 2.32. The van der Waals surface area contributed by atoms with E-state index in [1.807, 2.05) is 4.90 Å². The molecule has 2 aliphatic rings. The summed E-state index contributed by atoms with van der Waals surface area (Å²) in [5.41, 5.74) is 0. The number of hydrogen-bond donors (Lipinski definition) is 3. The zero-order valence-corrected chi connectivity index (χ0v) is 9.43. The van der Waals surface area contributed by atoms with E-state index in [0.29, 0.717) is 18.9 Å². The van der Waals surface area contributed by atoms with Gasteiger partial charge in [-0.25, -0.2) is 0 Å². The monoisotopic (exact) mass is 228 g/mol. The minimum absolute atomic E-state index is 0.105. The van der Waals surface area contributed by atoms with Gasteiger partial charge in [-0.3, -0.25) is 4.79 Å². The first-order valence-electron chi connectivity index (χ1n) is 6.02. The molecule has 0 aromatic heterocycles. The van der Waals surface area contributed by atoms with Crippen molar-refractivity contribution in [3.05, 3.63) is 0 Å². The van der Waals surface area contributed by atoms with Crippen LogP contribution in [0, 0.1) is 5.92 Å². The van der Waals surface area contributed by atoms with Crippen molar-refractivity contribution in [1.82, 2.24) is 10.2 Å². The fourth-order valence-corrected chi connectivity index (χ4v) is 2.46. The highest BCUT2D eigenvalue weighted by atomic mass is 16.3. The predicted octanol–water partition coefficient (Wildman–Crippen LogP) is -1.06. The molecule has 0 aromatic rings. The van der Waals surface area contributed by atoms with E-state index in [1.54, 1.807) is 0 Å². The molecule has 5 heteroatoms. The molecular weight excluding hydrogens is 208 g/mol. The second-order valence-corrected chi connectivity index (χ2v) is 4.80. The van der Waals surface area contributed by atoms with Gasteiger partial charge in [0.25, 0.3) is 0 Å². The molecule has 0 aliphatic carbocycles. The van der Waals surface area contributed by atoms with Crippen LogP contribution in [0.15, 0.2) is 0 Å². The number of aliphatic hydroxyl groups excluding tert-OH is 2. The number of piperidine rings is 1. The predicted molar refractivity (Wildman–Crippen MR) is 58.8 cm³/mol. The molecule has 2 atom stereocenters. The van der Waals surface area contributed by atoms with Crippen LogP contribution in [0.25, 0.3) is 0 Å². The Hall–Kier alpha value is -0.650. The van der Waals surface area contributed by atoms with E-state index in [4.69, 9.17) is 5.11 Å². The fourth-order valence-electron chi connectivity index (χ4n) is 2.46. The van der Waals surface area contributed by atoms with Crippen molar-refractivity contribution in [2.45, 2.75) is 31.4 Å². The molecule has 2 heterocycles. The van der Waals surface area contributed by atoms with Gasteiger partial charge < -0.3 is 20.4 Å². The summed E-state index contributed by atoms with van der Waals surface area (Å²) in [6.45, 7) is 2.21. The summed E-state index contributed by atoms with van der Waals surface area (Å²) in [5, 5.41) is 21.4. The molecule has 5 nitrogen and oxygen atoms in total. The number of amides is 1. The van der Waals surface area contributed by atoms with Gasteiger partial charge in [0, 0.05) is 26.2 Å². The Morgan fingerprint density at radius 1 is 1.38 bits per heavy atom. The van der Waals surface area contributed by atoms with Crippen molar-refractivity contribution < 1.29 is 15.0 Å². The van der Waals surface area contributed by atoms with Crippen LogP contribution in [0.2, 0.25) is 0 Å².